The molecule has 1 aromatic rings. The first kappa shape index (κ1) is 12.4. The van der Waals surface area contributed by atoms with Gasteiger partial charge in [-0.05, 0) is 18.7 Å². The van der Waals surface area contributed by atoms with Crippen LogP contribution in [-0.2, 0) is 6.61 Å². The molecule has 0 aliphatic heterocycles. The van der Waals surface area contributed by atoms with Crippen LogP contribution in [0.3, 0.4) is 0 Å². The molecule has 1 rings (SSSR count). The van der Waals surface area contributed by atoms with Crippen LogP contribution in [0.25, 0.3) is 0 Å². The fourth-order valence-corrected chi connectivity index (χ4v) is 1.82. The number of hydrogen-bond donors (Lipinski definition) is 1. The first-order chi connectivity index (χ1) is 7.27. The van der Waals surface area contributed by atoms with E-state index in [2.05, 4.69) is 6.92 Å². The lowest BCUT2D eigenvalue weighted by molar-refractivity contribution is 0.267. The van der Waals surface area contributed by atoms with Crippen LogP contribution in [0, 0.1) is 6.92 Å². The summed E-state index contributed by atoms with van der Waals surface area (Å²) in [4.78, 5) is 0. The van der Waals surface area contributed by atoms with Gasteiger partial charge in [0.05, 0.1) is 13.2 Å². The summed E-state index contributed by atoms with van der Waals surface area (Å²) in [5.41, 5.74) is 2.02. The number of hydrogen-bond acceptors (Lipinski definition) is 3. The summed E-state index contributed by atoms with van der Waals surface area (Å²) < 4.78 is 5.60. The second kappa shape index (κ2) is 6.75. The number of ether oxygens (including phenoxy) is 1. The monoisotopic (exact) mass is 226 g/mol. The minimum absolute atomic E-state index is 0.0396. The number of aliphatic hydroxyl groups excluding tert-OH is 1. The molecule has 2 nitrogen and oxygen atoms in total. The molecule has 0 fully saturated rings. The molecule has 1 aromatic carbocycles. The van der Waals surface area contributed by atoms with Crippen molar-refractivity contribution in [3.05, 3.63) is 29.3 Å². The summed E-state index contributed by atoms with van der Waals surface area (Å²) in [6, 6.07) is 5.89. The smallest absolute Gasteiger partial charge is 0.124 e. The van der Waals surface area contributed by atoms with Gasteiger partial charge >= 0.3 is 0 Å². The maximum atomic E-state index is 9.16. The third kappa shape index (κ3) is 4.14. The number of aliphatic hydroxyl groups is 1. The number of benzene rings is 1. The van der Waals surface area contributed by atoms with Crippen LogP contribution >= 0.6 is 11.8 Å². The molecule has 0 aromatic heterocycles. The molecule has 0 heterocycles. The molecule has 0 radical (unpaired) electrons. The van der Waals surface area contributed by atoms with E-state index < -0.39 is 0 Å². The summed E-state index contributed by atoms with van der Waals surface area (Å²) in [6.45, 7) is 4.89. The Morgan fingerprint density at radius 2 is 2.20 bits per heavy atom. The van der Waals surface area contributed by atoms with Crippen LogP contribution < -0.4 is 4.74 Å². The van der Waals surface area contributed by atoms with Crippen LogP contribution in [0.2, 0.25) is 0 Å². The lowest BCUT2D eigenvalue weighted by Gasteiger charge is -2.10. The number of aryl methyl sites for hydroxylation is 1. The van der Waals surface area contributed by atoms with E-state index in [1.54, 1.807) is 0 Å². The van der Waals surface area contributed by atoms with Gasteiger partial charge in [0.15, 0.2) is 0 Å². The molecular formula is C12H18O2S. The van der Waals surface area contributed by atoms with Crippen LogP contribution in [0.5, 0.6) is 5.75 Å². The second-order valence-corrected chi connectivity index (χ2v) is 4.71. The van der Waals surface area contributed by atoms with Crippen molar-refractivity contribution in [2.24, 2.45) is 0 Å². The van der Waals surface area contributed by atoms with Crippen molar-refractivity contribution in [2.75, 3.05) is 18.1 Å². The van der Waals surface area contributed by atoms with Crippen molar-refractivity contribution < 1.29 is 9.84 Å². The molecular weight excluding hydrogens is 208 g/mol. The summed E-state index contributed by atoms with van der Waals surface area (Å²) in [5.74, 6) is 2.92. The van der Waals surface area contributed by atoms with Gasteiger partial charge in [0, 0.05) is 11.3 Å². The SMILES string of the molecule is CCSCCOc1ccc(C)cc1CO. The largest absolute Gasteiger partial charge is 0.492 e. The lowest BCUT2D eigenvalue weighted by Crippen LogP contribution is -2.03. The highest BCUT2D eigenvalue weighted by Gasteiger charge is 2.02. The molecule has 84 valence electrons. The Morgan fingerprint density at radius 1 is 1.40 bits per heavy atom. The lowest BCUT2D eigenvalue weighted by atomic mass is 10.1. The van der Waals surface area contributed by atoms with Crippen LogP contribution in [0.4, 0.5) is 0 Å². The molecule has 0 saturated heterocycles. The topological polar surface area (TPSA) is 29.5 Å². The first-order valence-corrected chi connectivity index (χ1v) is 6.34. The molecule has 3 heteroatoms. The standard InChI is InChI=1S/C12H18O2S/c1-3-15-7-6-14-12-5-4-10(2)8-11(12)9-13/h4-5,8,13H,3,6-7,9H2,1-2H3. The Balaban J connectivity index is 2.52. The zero-order chi connectivity index (χ0) is 11.1. The predicted octanol–water partition coefficient (Wildman–Crippen LogP) is 2.62. The van der Waals surface area contributed by atoms with E-state index in [9.17, 15) is 0 Å². The van der Waals surface area contributed by atoms with Crippen LogP contribution in [0.15, 0.2) is 18.2 Å². The Bertz CT molecular complexity index is 300. The van der Waals surface area contributed by atoms with E-state index in [0.29, 0.717) is 6.61 Å². The molecule has 0 atom stereocenters. The van der Waals surface area contributed by atoms with Gasteiger partial charge in [-0.15, -0.1) is 0 Å². The molecule has 15 heavy (non-hydrogen) atoms. The van der Waals surface area contributed by atoms with Crippen molar-refractivity contribution in [3.63, 3.8) is 0 Å². The number of rotatable bonds is 6. The summed E-state index contributed by atoms with van der Waals surface area (Å²) in [5, 5.41) is 9.16. The Morgan fingerprint density at radius 3 is 2.87 bits per heavy atom. The highest BCUT2D eigenvalue weighted by molar-refractivity contribution is 7.99. The van der Waals surface area contributed by atoms with E-state index in [4.69, 9.17) is 9.84 Å². The summed E-state index contributed by atoms with van der Waals surface area (Å²) in [6.07, 6.45) is 0. The normalized spacial score (nSPS) is 10.3. The summed E-state index contributed by atoms with van der Waals surface area (Å²) >= 11 is 1.86. The average Bonchev–Trinajstić information content (AvgIpc) is 2.26. The van der Waals surface area contributed by atoms with E-state index in [1.807, 2.05) is 36.9 Å². The molecule has 0 unspecified atom stereocenters. The Kier molecular flexibility index (Phi) is 5.58. The minimum Gasteiger partial charge on any atom is -0.492 e. The maximum absolute atomic E-state index is 9.16. The van der Waals surface area contributed by atoms with Gasteiger partial charge < -0.3 is 9.84 Å². The van der Waals surface area contributed by atoms with Gasteiger partial charge in [-0.25, -0.2) is 0 Å². The van der Waals surface area contributed by atoms with Crippen molar-refractivity contribution in [3.8, 4) is 5.75 Å². The van der Waals surface area contributed by atoms with Crippen molar-refractivity contribution in [1.82, 2.24) is 0 Å². The highest BCUT2D eigenvalue weighted by Crippen LogP contribution is 2.20. The predicted molar refractivity (Wildman–Crippen MR) is 65.6 cm³/mol. The third-order valence-corrected chi connectivity index (χ3v) is 2.94. The quantitative estimate of drug-likeness (QED) is 0.756. The fraction of sp³-hybridized carbons (Fsp3) is 0.500. The van der Waals surface area contributed by atoms with Gasteiger partial charge in [0.2, 0.25) is 0 Å². The molecule has 0 aliphatic rings. The molecule has 1 N–H and O–H groups in total. The van der Waals surface area contributed by atoms with Crippen molar-refractivity contribution >= 4 is 11.8 Å². The van der Waals surface area contributed by atoms with Crippen molar-refractivity contribution in [1.29, 1.82) is 0 Å². The zero-order valence-electron chi connectivity index (χ0n) is 9.32. The second-order valence-electron chi connectivity index (χ2n) is 3.31. The molecule has 0 spiro atoms. The molecule has 0 amide bonds. The van der Waals surface area contributed by atoms with E-state index in [-0.39, 0.29) is 6.61 Å². The third-order valence-electron chi connectivity index (χ3n) is 2.08. The Labute approximate surface area is 95.7 Å². The minimum atomic E-state index is 0.0396. The highest BCUT2D eigenvalue weighted by atomic mass is 32.2. The van der Waals surface area contributed by atoms with Crippen LogP contribution in [-0.4, -0.2) is 23.2 Å². The van der Waals surface area contributed by atoms with E-state index in [0.717, 1.165) is 28.4 Å². The first-order valence-electron chi connectivity index (χ1n) is 5.19. The van der Waals surface area contributed by atoms with Gasteiger partial charge in [0.25, 0.3) is 0 Å². The zero-order valence-corrected chi connectivity index (χ0v) is 10.1. The molecule has 0 aliphatic carbocycles. The van der Waals surface area contributed by atoms with Gasteiger partial charge in [-0.1, -0.05) is 24.6 Å². The molecule has 0 saturated carbocycles. The Hall–Kier alpha value is -0.670. The van der Waals surface area contributed by atoms with Crippen molar-refractivity contribution in [2.45, 2.75) is 20.5 Å². The van der Waals surface area contributed by atoms with E-state index >= 15 is 0 Å². The maximum Gasteiger partial charge on any atom is 0.124 e. The van der Waals surface area contributed by atoms with E-state index in [1.165, 1.54) is 0 Å². The average molecular weight is 226 g/mol. The van der Waals surface area contributed by atoms with Gasteiger partial charge in [-0.3, -0.25) is 0 Å². The fourth-order valence-electron chi connectivity index (χ4n) is 1.33. The molecule has 0 bridgehead atoms. The number of thioether (sulfide) groups is 1. The van der Waals surface area contributed by atoms with Gasteiger partial charge in [-0.2, -0.15) is 11.8 Å². The summed E-state index contributed by atoms with van der Waals surface area (Å²) in [7, 11) is 0. The van der Waals surface area contributed by atoms with Gasteiger partial charge in [0.1, 0.15) is 5.75 Å². The van der Waals surface area contributed by atoms with Crippen LogP contribution in [0.1, 0.15) is 18.1 Å².